The maximum atomic E-state index is 10.7. The average molecular weight is 193 g/mol. The molecular weight excluding hydrogens is 184 g/mol. The van der Waals surface area contributed by atoms with Crippen LogP contribution in [0, 0.1) is 0 Å². The van der Waals surface area contributed by atoms with Gasteiger partial charge in [0.1, 0.15) is 10.9 Å². The van der Waals surface area contributed by atoms with Gasteiger partial charge in [0.25, 0.3) is 0 Å². The first kappa shape index (κ1) is 7.06. The second-order valence-corrected chi connectivity index (χ2v) is 3.28. The molecule has 0 saturated carbocycles. The number of halogens is 1. The van der Waals surface area contributed by atoms with Crippen LogP contribution in [0.3, 0.4) is 0 Å². The van der Waals surface area contributed by atoms with Crippen LogP contribution in [0.25, 0.3) is 0 Å². The van der Waals surface area contributed by atoms with E-state index in [1.165, 1.54) is 0 Å². The molecule has 1 aliphatic heterocycles. The summed E-state index contributed by atoms with van der Waals surface area (Å²) in [5.74, 6) is -0.109. The number of carbonyl (C=O) groups excluding carboxylic acids is 1. The molecule has 0 radical (unpaired) electrons. The number of esters is 1. The van der Waals surface area contributed by atoms with Crippen LogP contribution in [0.1, 0.15) is 19.8 Å². The van der Waals surface area contributed by atoms with Gasteiger partial charge in [-0.1, -0.05) is 22.9 Å². The molecule has 0 spiro atoms. The molecule has 1 heterocycles. The number of hydrogen-bond acceptors (Lipinski definition) is 2. The minimum Gasteiger partial charge on any atom is -0.461 e. The Bertz CT molecular complexity index is 124. The van der Waals surface area contributed by atoms with Crippen LogP contribution < -0.4 is 0 Å². The van der Waals surface area contributed by atoms with Crippen LogP contribution in [0.15, 0.2) is 0 Å². The fraction of sp³-hybridized carbons (Fsp3) is 0.833. The molecule has 0 aliphatic carbocycles. The van der Waals surface area contributed by atoms with Crippen molar-refractivity contribution in [3.05, 3.63) is 0 Å². The van der Waals surface area contributed by atoms with Crippen molar-refractivity contribution in [3.8, 4) is 0 Å². The van der Waals surface area contributed by atoms with Crippen LogP contribution in [0.2, 0.25) is 0 Å². The molecule has 2 nitrogen and oxygen atoms in total. The van der Waals surface area contributed by atoms with E-state index in [2.05, 4.69) is 15.9 Å². The molecule has 9 heavy (non-hydrogen) atoms. The summed E-state index contributed by atoms with van der Waals surface area (Å²) in [5, 5.41) is 0. The fourth-order valence-corrected chi connectivity index (χ4v) is 1.39. The summed E-state index contributed by atoms with van der Waals surface area (Å²) < 4.78 is 4.94. The second kappa shape index (κ2) is 2.69. The predicted octanol–water partition coefficient (Wildman–Crippen LogP) is 1.48. The topological polar surface area (TPSA) is 26.3 Å². The molecule has 0 N–H and O–H groups in total. The van der Waals surface area contributed by atoms with Gasteiger partial charge in [-0.25, -0.2) is 0 Å². The zero-order valence-electron chi connectivity index (χ0n) is 5.26. The largest absolute Gasteiger partial charge is 0.461 e. The highest BCUT2D eigenvalue weighted by atomic mass is 79.9. The van der Waals surface area contributed by atoms with Gasteiger partial charge in [0.15, 0.2) is 0 Å². The lowest BCUT2D eigenvalue weighted by molar-refractivity contribution is -0.140. The Morgan fingerprint density at radius 2 is 2.56 bits per heavy atom. The average Bonchev–Trinajstić information content (AvgIpc) is 2.13. The maximum Gasteiger partial charge on any atom is 0.320 e. The molecule has 0 aromatic heterocycles. The summed E-state index contributed by atoms with van der Waals surface area (Å²) in [5.41, 5.74) is 0. The van der Waals surface area contributed by atoms with E-state index in [1.807, 2.05) is 6.92 Å². The first-order valence-corrected chi connectivity index (χ1v) is 4.00. The lowest BCUT2D eigenvalue weighted by Gasteiger charge is -2.01. The molecular formula is C6H9BrO2. The summed E-state index contributed by atoms with van der Waals surface area (Å²) in [6.45, 7) is 2.02. The Hall–Kier alpha value is -0.0500. The minimum atomic E-state index is -0.109. The highest BCUT2D eigenvalue weighted by Crippen LogP contribution is 2.22. The summed E-state index contributed by atoms with van der Waals surface area (Å²) >= 11 is 3.21. The molecule has 0 aromatic carbocycles. The van der Waals surface area contributed by atoms with E-state index >= 15 is 0 Å². The van der Waals surface area contributed by atoms with Gasteiger partial charge in [-0.05, 0) is 6.42 Å². The monoisotopic (exact) mass is 192 g/mol. The third kappa shape index (κ3) is 1.45. The first-order valence-electron chi connectivity index (χ1n) is 3.08. The van der Waals surface area contributed by atoms with Crippen molar-refractivity contribution in [1.29, 1.82) is 0 Å². The number of ether oxygens (including phenoxy) is 1. The molecule has 3 heteroatoms. The normalized spacial score (nSPS) is 34.7. The summed E-state index contributed by atoms with van der Waals surface area (Å²) in [4.78, 5) is 10.6. The van der Waals surface area contributed by atoms with Gasteiger partial charge in [0, 0.05) is 6.42 Å². The number of alkyl halides is 1. The molecule has 2 atom stereocenters. The van der Waals surface area contributed by atoms with E-state index in [9.17, 15) is 4.79 Å². The molecule has 1 fully saturated rings. The van der Waals surface area contributed by atoms with Gasteiger partial charge in [0.05, 0.1) is 0 Å². The van der Waals surface area contributed by atoms with Gasteiger partial charge in [-0.2, -0.15) is 0 Å². The van der Waals surface area contributed by atoms with Crippen molar-refractivity contribution in [2.75, 3.05) is 0 Å². The van der Waals surface area contributed by atoms with E-state index in [1.54, 1.807) is 0 Å². The summed E-state index contributed by atoms with van der Waals surface area (Å²) in [7, 11) is 0. The van der Waals surface area contributed by atoms with Crippen LogP contribution in [-0.2, 0) is 9.53 Å². The smallest absolute Gasteiger partial charge is 0.320 e. The Kier molecular flexibility index (Phi) is 2.11. The number of hydrogen-bond donors (Lipinski definition) is 0. The minimum absolute atomic E-state index is 0.0533. The highest BCUT2D eigenvalue weighted by Gasteiger charge is 2.30. The van der Waals surface area contributed by atoms with E-state index in [-0.39, 0.29) is 16.9 Å². The zero-order valence-corrected chi connectivity index (χ0v) is 6.85. The Labute approximate surface area is 62.7 Å². The first-order chi connectivity index (χ1) is 4.24. The molecule has 0 amide bonds. The van der Waals surface area contributed by atoms with Crippen LogP contribution in [-0.4, -0.2) is 16.9 Å². The Morgan fingerprint density at radius 3 is 2.78 bits per heavy atom. The maximum absolute atomic E-state index is 10.7. The number of rotatable bonds is 1. The van der Waals surface area contributed by atoms with Crippen molar-refractivity contribution in [2.45, 2.75) is 30.7 Å². The van der Waals surface area contributed by atoms with Gasteiger partial charge in [0.2, 0.25) is 0 Å². The van der Waals surface area contributed by atoms with Gasteiger partial charge < -0.3 is 4.74 Å². The van der Waals surface area contributed by atoms with Crippen LogP contribution in [0.4, 0.5) is 0 Å². The van der Waals surface area contributed by atoms with E-state index in [4.69, 9.17) is 4.74 Å². The SMILES string of the molecule is CCC1CC(Br)C(=O)O1. The van der Waals surface area contributed by atoms with Crippen molar-refractivity contribution in [2.24, 2.45) is 0 Å². The lowest BCUT2D eigenvalue weighted by Crippen LogP contribution is -2.05. The van der Waals surface area contributed by atoms with Crippen molar-refractivity contribution < 1.29 is 9.53 Å². The van der Waals surface area contributed by atoms with Crippen LogP contribution >= 0.6 is 15.9 Å². The molecule has 0 aromatic rings. The van der Waals surface area contributed by atoms with Gasteiger partial charge in [-0.15, -0.1) is 0 Å². The van der Waals surface area contributed by atoms with Gasteiger partial charge in [-0.3, -0.25) is 4.79 Å². The molecule has 1 rings (SSSR count). The molecule has 2 unspecified atom stereocenters. The fourth-order valence-electron chi connectivity index (χ4n) is 0.863. The Morgan fingerprint density at radius 1 is 1.89 bits per heavy atom. The number of cyclic esters (lactones) is 1. The third-order valence-electron chi connectivity index (χ3n) is 1.46. The Balaban J connectivity index is 2.44. The van der Waals surface area contributed by atoms with E-state index in [0.29, 0.717) is 0 Å². The third-order valence-corrected chi connectivity index (χ3v) is 2.21. The lowest BCUT2D eigenvalue weighted by atomic mass is 10.2. The quantitative estimate of drug-likeness (QED) is 0.465. The second-order valence-electron chi connectivity index (χ2n) is 2.17. The van der Waals surface area contributed by atoms with Crippen molar-refractivity contribution in [1.82, 2.24) is 0 Å². The molecule has 1 aliphatic rings. The van der Waals surface area contributed by atoms with Crippen molar-refractivity contribution in [3.63, 3.8) is 0 Å². The zero-order chi connectivity index (χ0) is 6.85. The molecule has 0 bridgehead atoms. The van der Waals surface area contributed by atoms with Crippen molar-refractivity contribution >= 4 is 21.9 Å². The molecule has 52 valence electrons. The van der Waals surface area contributed by atoms with Crippen LogP contribution in [0.5, 0.6) is 0 Å². The van der Waals surface area contributed by atoms with E-state index < -0.39 is 0 Å². The van der Waals surface area contributed by atoms with E-state index in [0.717, 1.165) is 12.8 Å². The standard InChI is InChI=1S/C6H9BrO2/c1-2-4-3-5(7)6(8)9-4/h4-5H,2-3H2,1H3. The summed E-state index contributed by atoms with van der Waals surface area (Å²) in [6.07, 6.45) is 1.91. The summed E-state index contributed by atoms with van der Waals surface area (Å²) in [6, 6.07) is 0. The predicted molar refractivity (Wildman–Crippen MR) is 37.5 cm³/mol. The molecule has 1 saturated heterocycles. The number of carbonyl (C=O) groups is 1. The highest BCUT2D eigenvalue weighted by molar-refractivity contribution is 9.10. The van der Waals surface area contributed by atoms with Gasteiger partial charge >= 0.3 is 5.97 Å².